The van der Waals surface area contributed by atoms with Crippen molar-refractivity contribution >= 4 is 17.5 Å². The SMILES string of the molecule is CCCc1nn(-c2ccc(Cl)cc2)c(=O)n1CC(=O)NCC(F)F. The van der Waals surface area contributed by atoms with Crippen LogP contribution in [0.2, 0.25) is 5.02 Å². The Morgan fingerprint density at radius 3 is 2.58 bits per heavy atom. The molecule has 0 aliphatic heterocycles. The van der Waals surface area contributed by atoms with Crippen molar-refractivity contribution in [3.8, 4) is 5.69 Å². The quantitative estimate of drug-likeness (QED) is 0.823. The van der Waals surface area contributed by atoms with Crippen LogP contribution >= 0.6 is 11.6 Å². The number of nitrogens with zero attached hydrogens (tertiary/aromatic N) is 3. The van der Waals surface area contributed by atoms with Crippen LogP contribution in [0.15, 0.2) is 29.1 Å². The van der Waals surface area contributed by atoms with E-state index < -0.39 is 24.6 Å². The van der Waals surface area contributed by atoms with Gasteiger partial charge in [0, 0.05) is 11.4 Å². The molecule has 1 heterocycles. The zero-order chi connectivity index (χ0) is 17.7. The van der Waals surface area contributed by atoms with Gasteiger partial charge in [0.25, 0.3) is 6.43 Å². The summed E-state index contributed by atoms with van der Waals surface area (Å²) >= 11 is 5.83. The fourth-order valence-electron chi connectivity index (χ4n) is 2.15. The molecule has 0 aliphatic carbocycles. The summed E-state index contributed by atoms with van der Waals surface area (Å²) in [7, 11) is 0. The highest BCUT2D eigenvalue weighted by molar-refractivity contribution is 6.30. The van der Waals surface area contributed by atoms with Gasteiger partial charge >= 0.3 is 5.69 Å². The van der Waals surface area contributed by atoms with Crippen molar-refractivity contribution in [1.82, 2.24) is 19.7 Å². The molecule has 1 N–H and O–H groups in total. The molecule has 0 atom stereocenters. The van der Waals surface area contributed by atoms with Gasteiger partial charge in [0.05, 0.1) is 12.2 Å². The number of halogens is 3. The normalized spacial score (nSPS) is 11.0. The van der Waals surface area contributed by atoms with Crippen molar-refractivity contribution in [3.05, 3.63) is 45.6 Å². The Morgan fingerprint density at radius 2 is 2.00 bits per heavy atom. The first-order valence-corrected chi connectivity index (χ1v) is 7.79. The van der Waals surface area contributed by atoms with E-state index in [4.69, 9.17) is 11.6 Å². The van der Waals surface area contributed by atoms with E-state index in [1.165, 1.54) is 9.25 Å². The number of benzene rings is 1. The first kappa shape index (κ1) is 18.1. The Bertz CT molecular complexity index is 756. The molecule has 0 saturated carbocycles. The van der Waals surface area contributed by atoms with Crippen LogP contribution in [-0.2, 0) is 17.8 Å². The molecule has 0 spiro atoms. The van der Waals surface area contributed by atoms with E-state index in [0.717, 1.165) is 6.42 Å². The van der Waals surface area contributed by atoms with E-state index >= 15 is 0 Å². The Balaban J connectivity index is 2.31. The monoisotopic (exact) mass is 358 g/mol. The average Bonchev–Trinajstić information content (AvgIpc) is 2.83. The van der Waals surface area contributed by atoms with E-state index in [1.54, 1.807) is 24.3 Å². The molecule has 0 bridgehead atoms. The first-order valence-electron chi connectivity index (χ1n) is 7.42. The maximum Gasteiger partial charge on any atom is 0.351 e. The predicted octanol–water partition coefficient (Wildman–Crippen LogP) is 2.02. The van der Waals surface area contributed by atoms with Gasteiger partial charge in [0.2, 0.25) is 5.91 Å². The van der Waals surface area contributed by atoms with Gasteiger partial charge in [-0.2, -0.15) is 4.68 Å². The number of carbonyl (C=O) groups is 1. The Morgan fingerprint density at radius 1 is 1.33 bits per heavy atom. The predicted molar refractivity (Wildman–Crippen MR) is 85.8 cm³/mol. The van der Waals surface area contributed by atoms with Gasteiger partial charge in [-0.1, -0.05) is 18.5 Å². The third-order valence-electron chi connectivity index (χ3n) is 3.24. The lowest BCUT2D eigenvalue weighted by Crippen LogP contribution is -2.35. The topological polar surface area (TPSA) is 68.9 Å². The summed E-state index contributed by atoms with van der Waals surface area (Å²) in [5.41, 5.74) is 0.00135. The smallest absolute Gasteiger partial charge is 0.349 e. The van der Waals surface area contributed by atoms with Crippen LogP contribution in [0.1, 0.15) is 19.2 Å². The summed E-state index contributed by atoms with van der Waals surface area (Å²) in [5.74, 6) is -0.241. The van der Waals surface area contributed by atoms with Crippen LogP contribution in [0.3, 0.4) is 0 Å². The Kier molecular flexibility index (Phi) is 6.08. The molecular formula is C15H17ClF2N4O2. The lowest BCUT2D eigenvalue weighted by Gasteiger charge is -2.06. The van der Waals surface area contributed by atoms with E-state index in [1.807, 2.05) is 6.92 Å². The van der Waals surface area contributed by atoms with Gasteiger partial charge < -0.3 is 5.32 Å². The van der Waals surface area contributed by atoms with Gasteiger partial charge in [0.1, 0.15) is 12.4 Å². The first-order chi connectivity index (χ1) is 11.4. The van der Waals surface area contributed by atoms with E-state index in [0.29, 0.717) is 23.0 Å². The second kappa shape index (κ2) is 8.05. The molecule has 9 heteroatoms. The van der Waals surface area contributed by atoms with Gasteiger partial charge in [0.15, 0.2) is 0 Å². The summed E-state index contributed by atoms with van der Waals surface area (Å²) in [6.45, 7) is 0.809. The third-order valence-corrected chi connectivity index (χ3v) is 3.49. The van der Waals surface area contributed by atoms with Gasteiger partial charge in [-0.05, 0) is 30.7 Å². The Hall–Kier alpha value is -2.22. The molecule has 0 unspecified atom stereocenters. The van der Waals surface area contributed by atoms with Crippen LogP contribution in [0.4, 0.5) is 8.78 Å². The van der Waals surface area contributed by atoms with Crippen LogP contribution in [-0.4, -0.2) is 33.2 Å². The molecular weight excluding hydrogens is 342 g/mol. The number of rotatable bonds is 7. The van der Waals surface area contributed by atoms with Gasteiger partial charge in [-0.25, -0.2) is 13.6 Å². The highest BCUT2D eigenvalue weighted by Crippen LogP contribution is 2.12. The number of hydrogen-bond acceptors (Lipinski definition) is 3. The number of nitrogens with one attached hydrogen (secondary N) is 1. The zero-order valence-corrected chi connectivity index (χ0v) is 13.8. The number of alkyl halides is 2. The minimum atomic E-state index is -2.64. The van der Waals surface area contributed by atoms with Crippen LogP contribution < -0.4 is 11.0 Å². The second-order valence-corrected chi connectivity index (χ2v) is 5.55. The van der Waals surface area contributed by atoms with E-state index in [-0.39, 0.29) is 6.54 Å². The number of carbonyl (C=O) groups excluding carboxylic acids is 1. The van der Waals surface area contributed by atoms with Gasteiger partial charge in [-0.3, -0.25) is 9.36 Å². The fourth-order valence-corrected chi connectivity index (χ4v) is 2.27. The molecule has 130 valence electrons. The molecule has 0 aliphatic rings. The fraction of sp³-hybridized carbons (Fsp3) is 0.400. The largest absolute Gasteiger partial charge is 0.351 e. The van der Waals surface area contributed by atoms with Gasteiger partial charge in [-0.15, -0.1) is 5.10 Å². The molecule has 24 heavy (non-hydrogen) atoms. The zero-order valence-electron chi connectivity index (χ0n) is 13.0. The standard InChI is InChI=1S/C15H17ClF2N4O2/c1-2-3-13-20-22(11-6-4-10(16)5-7-11)15(24)21(13)9-14(23)19-8-12(17)18/h4-7,12H,2-3,8-9H2,1H3,(H,19,23). The molecule has 1 amide bonds. The minimum Gasteiger partial charge on any atom is -0.349 e. The lowest BCUT2D eigenvalue weighted by molar-refractivity contribution is -0.122. The molecule has 0 fully saturated rings. The second-order valence-electron chi connectivity index (χ2n) is 5.12. The maximum absolute atomic E-state index is 12.5. The molecule has 0 radical (unpaired) electrons. The third kappa shape index (κ3) is 4.41. The van der Waals surface area contributed by atoms with Crippen molar-refractivity contribution in [2.45, 2.75) is 32.7 Å². The van der Waals surface area contributed by atoms with Crippen molar-refractivity contribution < 1.29 is 13.6 Å². The van der Waals surface area contributed by atoms with Crippen molar-refractivity contribution in [1.29, 1.82) is 0 Å². The molecule has 2 aromatic rings. The van der Waals surface area contributed by atoms with Crippen LogP contribution in [0.25, 0.3) is 5.69 Å². The van der Waals surface area contributed by atoms with E-state index in [2.05, 4.69) is 10.4 Å². The number of hydrogen-bond donors (Lipinski definition) is 1. The average molecular weight is 359 g/mol. The summed E-state index contributed by atoms with van der Waals surface area (Å²) in [4.78, 5) is 24.3. The van der Waals surface area contributed by atoms with Crippen LogP contribution in [0.5, 0.6) is 0 Å². The van der Waals surface area contributed by atoms with Crippen LogP contribution in [0, 0.1) is 0 Å². The highest BCUT2D eigenvalue weighted by Gasteiger charge is 2.17. The number of amides is 1. The summed E-state index contributed by atoms with van der Waals surface area (Å²) in [6, 6.07) is 6.51. The van der Waals surface area contributed by atoms with E-state index in [9.17, 15) is 18.4 Å². The lowest BCUT2D eigenvalue weighted by atomic mass is 10.3. The molecule has 2 rings (SSSR count). The summed E-state index contributed by atoms with van der Waals surface area (Å²) in [6.07, 6.45) is -1.44. The maximum atomic E-state index is 12.5. The minimum absolute atomic E-state index is 0.353. The number of aromatic nitrogens is 3. The molecule has 1 aromatic carbocycles. The molecule has 1 aromatic heterocycles. The summed E-state index contributed by atoms with van der Waals surface area (Å²) < 4.78 is 26.7. The highest BCUT2D eigenvalue weighted by atomic mass is 35.5. The van der Waals surface area contributed by atoms with Crippen molar-refractivity contribution in [3.63, 3.8) is 0 Å². The molecule has 0 saturated heterocycles. The number of aryl methyl sites for hydroxylation is 1. The Labute approximate surface area is 142 Å². The van der Waals surface area contributed by atoms with Crippen molar-refractivity contribution in [2.24, 2.45) is 0 Å². The molecule has 6 nitrogen and oxygen atoms in total. The van der Waals surface area contributed by atoms with Crippen molar-refractivity contribution in [2.75, 3.05) is 6.54 Å². The summed E-state index contributed by atoms with van der Waals surface area (Å²) in [5, 5.41) is 6.84.